The molecule has 1 unspecified atom stereocenters. The van der Waals surface area contributed by atoms with E-state index in [0.29, 0.717) is 0 Å². The van der Waals surface area contributed by atoms with E-state index in [1.807, 2.05) is 0 Å². The van der Waals surface area contributed by atoms with Gasteiger partial charge in [0, 0.05) is 6.42 Å². The molecule has 0 saturated heterocycles. The number of nitrogens with two attached hydrogens (primary N) is 2. The molecular formula is C10H13FN2O2. The van der Waals surface area contributed by atoms with Gasteiger partial charge in [-0.05, 0) is 12.1 Å². The van der Waals surface area contributed by atoms with Gasteiger partial charge in [0.05, 0.1) is 12.6 Å². The molecule has 82 valence electrons. The number of benzene rings is 1. The van der Waals surface area contributed by atoms with Crippen LogP contribution < -0.4 is 16.2 Å². The van der Waals surface area contributed by atoms with Gasteiger partial charge in [-0.15, -0.1) is 0 Å². The Morgan fingerprint density at radius 2 is 2.13 bits per heavy atom. The van der Waals surface area contributed by atoms with Gasteiger partial charge in [-0.25, -0.2) is 4.39 Å². The Morgan fingerprint density at radius 1 is 1.47 bits per heavy atom. The second kappa shape index (κ2) is 5.31. The molecule has 0 aliphatic carbocycles. The summed E-state index contributed by atoms with van der Waals surface area (Å²) in [4.78, 5) is 10.6. The first-order valence-corrected chi connectivity index (χ1v) is 4.53. The molecule has 5 heteroatoms. The first-order valence-electron chi connectivity index (χ1n) is 4.53. The molecule has 0 heterocycles. The molecule has 0 aliphatic rings. The van der Waals surface area contributed by atoms with E-state index in [0.717, 1.165) is 0 Å². The van der Waals surface area contributed by atoms with Crippen LogP contribution in [0.25, 0.3) is 0 Å². The van der Waals surface area contributed by atoms with E-state index in [2.05, 4.69) is 0 Å². The van der Waals surface area contributed by atoms with Gasteiger partial charge in [0.1, 0.15) is 0 Å². The zero-order valence-electron chi connectivity index (χ0n) is 8.15. The van der Waals surface area contributed by atoms with E-state index < -0.39 is 17.8 Å². The van der Waals surface area contributed by atoms with Crippen LogP contribution in [0.3, 0.4) is 0 Å². The Kier molecular flexibility index (Phi) is 4.05. The van der Waals surface area contributed by atoms with Crippen molar-refractivity contribution in [3.63, 3.8) is 0 Å². The third-order valence-corrected chi connectivity index (χ3v) is 1.89. The minimum Gasteiger partial charge on any atom is -0.490 e. The fourth-order valence-electron chi connectivity index (χ4n) is 1.000. The van der Waals surface area contributed by atoms with Crippen molar-refractivity contribution in [2.24, 2.45) is 11.5 Å². The Labute approximate surface area is 87.0 Å². The Bertz CT molecular complexity index is 344. The summed E-state index contributed by atoms with van der Waals surface area (Å²) in [5.74, 6) is -0.883. The third kappa shape index (κ3) is 3.55. The van der Waals surface area contributed by atoms with Crippen LogP contribution in [-0.4, -0.2) is 18.6 Å². The minimum absolute atomic E-state index is 0.147. The molecule has 1 rings (SSSR count). The number of halogens is 1. The summed E-state index contributed by atoms with van der Waals surface area (Å²) < 4.78 is 18.1. The Hall–Kier alpha value is -1.62. The van der Waals surface area contributed by atoms with E-state index in [-0.39, 0.29) is 18.8 Å². The lowest BCUT2D eigenvalue weighted by Crippen LogP contribution is -2.37. The average molecular weight is 212 g/mol. The fourth-order valence-corrected chi connectivity index (χ4v) is 1.000. The normalized spacial score (nSPS) is 12.1. The van der Waals surface area contributed by atoms with Crippen LogP contribution >= 0.6 is 0 Å². The Balaban J connectivity index is 2.38. The quantitative estimate of drug-likeness (QED) is 0.741. The number of amides is 1. The van der Waals surface area contributed by atoms with Gasteiger partial charge in [-0.1, -0.05) is 12.1 Å². The zero-order chi connectivity index (χ0) is 11.3. The molecule has 0 radical (unpaired) electrons. The molecule has 0 fully saturated rings. The summed E-state index contributed by atoms with van der Waals surface area (Å²) in [6.45, 7) is 0.158. The number of hydrogen-bond acceptors (Lipinski definition) is 3. The standard InChI is InChI=1S/C10H13FN2O2/c11-7-3-1-2-4-9(7)15-6-5-8(12)10(13)14/h1-4,8H,5-6,12H2,(H2,13,14). The van der Waals surface area contributed by atoms with Crippen LogP contribution in [0.2, 0.25) is 0 Å². The largest absolute Gasteiger partial charge is 0.490 e. The molecule has 15 heavy (non-hydrogen) atoms. The van der Waals surface area contributed by atoms with Crippen LogP contribution in [-0.2, 0) is 4.79 Å². The molecule has 0 saturated carbocycles. The number of carbonyl (C=O) groups excluding carboxylic acids is 1. The lowest BCUT2D eigenvalue weighted by atomic mass is 10.2. The highest BCUT2D eigenvalue weighted by atomic mass is 19.1. The highest BCUT2D eigenvalue weighted by molar-refractivity contribution is 5.79. The second-order valence-electron chi connectivity index (χ2n) is 3.08. The first-order chi connectivity index (χ1) is 7.11. The number of ether oxygens (including phenoxy) is 1. The van der Waals surface area contributed by atoms with E-state index in [4.69, 9.17) is 16.2 Å². The molecule has 4 N–H and O–H groups in total. The van der Waals surface area contributed by atoms with Crippen LogP contribution in [0.4, 0.5) is 4.39 Å². The topological polar surface area (TPSA) is 78.3 Å². The van der Waals surface area contributed by atoms with Crippen molar-refractivity contribution in [2.75, 3.05) is 6.61 Å². The maximum absolute atomic E-state index is 13.0. The van der Waals surface area contributed by atoms with E-state index in [9.17, 15) is 9.18 Å². The average Bonchev–Trinajstić information content (AvgIpc) is 2.20. The fraction of sp³-hybridized carbons (Fsp3) is 0.300. The first kappa shape index (κ1) is 11.5. The maximum atomic E-state index is 13.0. The monoisotopic (exact) mass is 212 g/mol. The van der Waals surface area contributed by atoms with Crippen molar-refractivity contribution in [1.29, 1.82) is 0 Å². The SMILES string of the molecule is NC(=O)C(N)CCOc1ccccc1F. The van der Waals surface area contributed by atoms with Gasteiger partial charge in [-0.3, -0.25) is 4.79 Å². The molecule has 1 atom stereocenters. The van der Waals surface area contributed by atoms with Gasteiger partial charge < -0.3 is 16.2 Å². The molecular weight excluding hydrogens is 199 g/mol. The summed E-state index contributed by atoms with van der Waals surface area (Å²) >= 11 is 0. The van der Waals surface area contributed by atoms with Crippen LogP contribution in [0.15, 0.2) is 24.3 Å². The molecule has 0 spiro atoms. The lowest BCUT2D eigenvalue weighted by molar-refractivity contribution is -0.119. The van der Waals surface area contributed by atoms with Crippen LogP contribution in [0, 0.1) is 5.82 Å². The smallest absolute Gasteiger partial charge is 0.234 e. The molecule has 0 aliphatic heterocycles. The molecule has 1 aromatic rings. The number of rotatable bonds is 5. The molecule has 0 aromatic heterocycles. The van der Waals surface area contributed by atoms with Gasteiger partial charge in [-0.2, -0.15) is 0 Å². The molecule has 4 nitrogen and oxygen atoms in total. The molecule has 1 aromatic carbocycles. The minimum atomic E-state index is -0.753. The summed E-state index contributed by atoms with van der Waals surface area (Å²) in [6.07, 6.45) is 0.268. The predicted molar refractivity (Wildman–Crippen MR) is 53.7 cm³/mol. The second-order valence-corrected chi connectivity index (χ2v) is 3.08. The van der Waals surface area contributed by atoms with Crippen LogP contribution in [0.5, 0.6) is 5.75 Å². The van der Waals surface area contributed by atoms with Crippen molar-refractivity contribution in [1.82, 2.24) is 0 Å². The van der Waals surface area contributed by atoms with Crippen molar-refractivity contribution in [3.05, 3.63) is 30.1 Å². The van der Waals surface area contributed by atoms with Gasteiger partial charge in [0.15, 0.2) is 11.6 Å². The summed E-state index contributed by atoms with van der Waals surface area (Å²) in [5, 5.41) is 0. The number of para-hydroxylation sites is 1. The third-order valence-electron chi connectivity index (χ3n) is 1.89. The highest BCUT2D eigenvalue weighted by Crippen LogP contribution is 2.15. The Morgan fingerprint density at radius 3 is 2.73 bits per heavy atom. The summed E-state index contributed by atoms with van der Waals surface area (Å²) in [6, 6.07) is 5.27. The van der Waals surface area contributed by atoms with Gasteiger partial charge in [0.2, 0.25) is 5.91 Å². The zero-order valence-corrected chi connectivity index (χ0v) is 8.15. The summed E-state index contributed by atoms with van der Waals surface area (Å²) in [7, 11) is 0. The van der Waals surface area contributed by atoms with Crippen molar-refractivity contribution in [2.45, 2.75) is 12.5 Å². The predicted octanol–water partition coefficient (Wildman–Crippen LogP) is 0.407. The number of primary amides is 1. The van der Waals surface area contributed by atoms with Gasteiger partial charge in [0.25, 0.3) is 0 Å². The van der Waals surface area contributed by atoms with E-state index in [1.165, 1.54) is 12.1 Å². The summed E-state index contributed by atoms with van der Waals surface area (Å²) in [5.41, 5.74) is 10.3. The molecule has 0 bridgehead atoms. The highest BCUT2D eigenvalue weighted by Gasteiger charge is 2.09. The number of hydrogen-bond donors (Lipinski definition) is 2. The molecule has 1 amide bonds. The van der Waals surface area contributed by atoms with Crippen LogP contribution in [0.1, 0.15) is 6.42 Å². The van der Waals surface area contributed by atoms with Crippen molar-refractivity contribution < 1.29 is 13.9 Å². The maximum Gasteiger partial charge on any atom is 0.234 e. The lowest BCUT2D eigenvalue weighted by Gasteiger charge is -2.09. The van der Waals surface area contributed by atoms with Gasteiger partial charge >= 0.3 is 0 Å². The van der Waals surface area contributed by atoms with Crippen molar-refractivity contribution >= 4 is 5.91 Å². The van der Waals surface area contributed by atoms with E-state index in [1.54, 1.807) is 12.1 Å². The van der Waals surface area contributed by atoms with E-state index >= 15 is 0 Å². The van der Waals surface area contributed by atoms with Crippen molar-refractivity contribution in [3.8, 4) is 5.75 Å². The number of carbonyl (C=O) groups is 1.